The summed E-state index contributed by atoms with van der Waals surface area (Å²) in [6.07, 6.45) is 3.08. The van der Waals surface area contributed by atoms with Crippen molar-refractivity contribution in [1.29, 1.82) is 0 Å². The predicted octanol–water partition coefficient (Wildman–Crippen LogP) is 3.42. The van der Waals surface area contributed by atoms with E-state index < -0.39 is 5.97 Å². The molecule has 0 fully saturated rings. The fraction of sp³-hybridized carbons (Fsp3) is 0.304. The Morgan fingerprint density at radius 2 is 2.03 bits per heavy atom. The van der Waals surface area contributed by atoms with Crippen molar-refractivity contribution in [2.75, 3.05) is 17.2 Å². The maximum absolute atomic E-state index is 12.6. The van der Waals surface area contributed by atoms with Gasteiger partial charge >= 0.3 is 5.97 Å². The van der Waals surface area contributed by atoms with E-state index >= 15 is 0 Å². The summed E-state index contributed by atoms with van der Waals surface area (Å²) in [7, 11) is 1.55. The normalized spacial score (nSPS) is 11.0. The maximum atomic E-state index is 12.6. The lowest BCUT2D eigenvalue weighted by atomic mass is 10.1. The van der Waals surface area contributed by atoms with Crippen molar-refractivity contribution in [3.63, 3.8) is 0 Å². The van der Waals surface area contributed by atoms with Crippen molar-refractivity contribution in [3.05, 3.63) is 47.6 Å². The molecule has 0 saturated heterocycles. The van der Waals surface area contributed by atoms with Crippen LogP contribution in [-0.2, 0) is 18.3 Å². The number of aromatic carboxylic acids is 1. The molecule has 0 saturated carbocycles. The largest absolute Gasteiger partial charge is 0.477 e. The number of hydrogen-bond donors (Lipinski definition) is 3. The Labute approximate surface area is 195 Å². The first-order chi connectivity index (χ1) is 16.4. The molecule has 176 valence electrons. The number of fused-ring (bicyclic) bond motifs is 1. The number of anilines is 2. The van der Waals surface area contributed by atoms with Crippen LogP contribution in [0.1, 0.15) is 41.7 Å². The zero-order chi connectivity index (χ0) is 24.2. The predicted molar refractivity (Wildman–Crippen MR) is 126 cm³/mol. The van der Waals surface area contributed by atoms with E-state index in [0.29, 0.717) is 36.1 Å². The topological polar surface area (TPSA) is 148 Å². The van der Waals surface area contributed by atoms with Gasteiger partial charge in [0.2, 0.25) is 17.6 Å². The van der Waals surface area contributed by atoms with Crippen LogP contribution in [0.4, 0.5) is 11.6 Å². The number of carboxylic acid groups (broad SMARTS) is 1. The Hall–Kier alpha value is -4.28. The van der Waals surface area contributed by atoms with E-state index in [1.807, 2.05) is 31.2 Å². The molecule has 1 amide bonds. The Kier molecular flexibility index (Phi) is 6.53. The van der Waals surface area contributed by atoms with E-state index in [-0.39, 0.29) is 23.8 Å². The summed E-state index contributed by atoms with van der Waals surface area (Å²) in [5, 5.41) is 25.4. The number of nitrogens with zero attached hydrogens (tertiary/aromatic N) is 5. The molecular formula is C23H25N7O4. The number of carboxylic acids is 1. The van der Waals surface area contributed by atoms with Gasteiger partial charge in [-0.25, -0.2) is 9.78 Å². The fourth-order valence-electron chi connectivity index (χ4n) is 3.78. The second-order valence-electron chi connectivity index (χ2n) is 7.81. The minimum atomic E-state index is -1.07. The quantitative estimate of drug-likeness (QED) is 0.339. The van der Waals surface area contributed by atoms with Crippen LogP contribution in [0.2, 0.25) is 0 Å². The number of carbonyl (C=O) groups is 2. The van der Waals surface area contributed by atoms with Gasteiger partial charge in [-0.3, -0.25) is 9.48 Å². The van der Waals surface area contributed by atoms with E-state index in [1.165, 1.54) is 4.68 Å². The van der Waals surface area contributed by atoms with Crippen LogP contribution in [0.15, 0.2) is 35.0 Å². The number of carbonyl (C=O) groups excluding carboxylic acids is 1. The number of pyridine rings is 1. The van der Waals surface area contributed by atoms with Crippen molar-refractivity contribution in [2.24, 2.45) is 7.05 Å². The minimum absolute atomic E-state index is 0.0860. The van der Waals surface area contributed by atoms with E-state index in [9.17, 15) is 14.7 Å². The standard InChI is InChI=1S/C23H25N7O4/c1-4-5-16-19(23(32)33)30(3)28-22(16)27-18(31)9-11-25-21-17-12-15(20-26-13(2)34-29-20)7-6-14(17)8-10-24-21/h6-8,10,12H,4-5,9,11H2,1-3H3,(H,24,25)(H,32,33)(H,27,28,31). The number of rotatable bonds is 9. The molecule has 0 spiro atoms. The van der Waals surface area contributed by atoms with Gasteiger partial charge in [-0.1, -0.05) is 30.6 Å². The highest BCUT2D eigenvalue weighted by atomic mass is 16.5. The molecule has 4 rings (SSSR count). The molecule has 0 atom stereocenters. The van der Waals surface area contributed by atoms with Gasteiger partial charge in [-0.2, -0.15) is 10.1 Å². The molecule has 3 heterocycles. The van der Waals surface area contributed by atoms with E-state index in [4.69, 9.17) is 4.52 Å². The van der Waals surface area contributed by atoms with Crippen LogP contribution >= 0.6 is 0 Å². The van der Waals surface area contributed by atoms with Gasteiger partial charge in [0.15, 0.2) is 11.5 Å². The summed E-state index contributed by atoms with van der Waals surface area (Å²) < 4.78 is 6.35. The van der Waals surface area contributed by atoms with Gasteiger partial charge in [0.1, 0.15) is 5.82 Å². The third-order valence-electron chi connectivity index (χ3n) is 5.30. The second kappa shape index (κ2) is 9.69. The average molecular weight is 463 g/mol. The SMILES string of the molecule is CCCc1c(NC(=O)CCNc2nccc3ccc(-c4noc(C)n4)cc23)nn(C)c1C(=O)O. The monoisotopic (exact) mass is 463 g/mol. The third kappa shape index (κ3) is 4.72. The highest BCUT2D eigenvalue weighted by molar-refractivity contribution is 5.96. The van der Waals surface area contributed by atoms with Crippen molar-refractivity contribution < 1.29 is 19.2 Å². The lowest BCUT2D eigenvalue weighted by molar-refractivity contribution is -0.116. The third-order valence-corrected chi connectivity index (χ3v) is 5.30. The molecule has 0 aliphatic carbocycles. The van der Waals surface area contributed by atoms with Crippen molar-refractivity contribution in [1.82, 2.24) is 24.9 Å². The highest BCUT2D eigenvalue weighted by Gasteiger charge is 2.22. The average Bonchev–Trinajstić information content (AvgIpc) is 3.36. The van der Waals surface area contributed by atoms with Gasteiger partial charge in [-0.15, -0.1) is 0 Å². The molecule has 11 heteroatoms. The first kappa shape index (κ1) is 22.9. The van der Waals surface area contributed by atoms with Crippen LogP contribution < -0.4 is 10.6 Å². The van der Waals surface area contributed by atoms with Crippen molar-refractivity contribution >= 4 is 34.3 Å². The molecule has 3 N–H and O–H groups in total. The van der Waals surface area contributed by atoms with Gasteiger partial charge in [-0.05, 0) is 23.9 Å². The Morgan fingerprint density at radius 3 is 2.74 bits per heavy atom. The Bertz CT molecular complexity index is 1360. The zero-order valence-electron chi connectivity index (χ0n) is 19.1. The molecule has 0 unspecified atom stereocenters. The first-order valence-electron chi connectivity index (χ1n) is 10.9. The van der Waals surface area contributed by atoms with Crippen LogP contribution in [0.3, 0.4) is 0 Å². The van der Waals surface area contributed by atoms with Gasteiger partial charge in [0.05, 0.1) is 0 Å². The molecule has 4 aromatic rings. The minimum Gasteiger partial charge on any atom is -0.477 e. The summed E-state index contributed by atoms with van der Waals surface area (Å²) in [6.45, 7) is 4.00. The van der Waals surface area contributed by atoms with Gasteiger partial charge < -0.3 is 20.3 Å². The molecule has 34 heavy (non-hydrogen) atoms. The zero-order valence-corrected chi connectivity index (χ0v) is 19.1. The number of aryl methyl sites for hydroxylation is 2. The molecule has 0 aliphatic heterocycles. The van der Waals surface area contributed by atoms with Crippen LogP contribution in [0.5, 0.6) is 0 Å². The molecule has 0 bridgehead atoms. The van der Waals surface area contributed by atoms with Crippen LogP contribution in [0.25, 0.3) is 22.2 Å². The molecular weight excluding hydrogens is 438 g/mol. The molecule has 1 aromatic carbocycles. The second-order valence-corrected chi connectivity index (χ2v) is 7.81. The van der Waals surface area contributed by atoms with Crippen molar-refractivity contribution in [3.8, 4) is 11.4 Å². The lowest BCUT2D eigenvalue weighted by Gasteiger charge is -2.10. The fourth-order valence-corrected chi connectivity index (χ4v) is 3.78. The Morgan fingerprint density at radius 1 is 1.21 bits per heavy atom. The summed E-state index contributed by atoms with van der Waals surface area (Å²) in [5.41, 5.74) is 1.41. The molecule has 11 nitrogen and oxygen atoms in total. The molecule has 0 aliphatic rings. The number of benzene rings is 1. The Balaban J connectivity index is 1.45. The number of aromatic nitrogens is 5. The molecule has 3 aromatic heterocycles. The first-order valence-corrected chi connectivity index (χ1v) is 10.9. The number of nitrogens with one attached hydrogen (secondary N) is 2. The van der Waals surface area contributed by atoms with Gasteiger partial charge in [0.25, 0.3) is 0 Å². The smallest absolute Gasteiger partial charge is 0.354 e. The summed E-state index contributed by atoms with van der Waals surface area (Å²) in [5.74, 6) is 0.546. The number of amides is 1. The highest BCUT2D eigenvalue weighted by Crippen LogP contribution is 2.27. The van der Waals surface area contributed by atoms with E-state index in [2.05, 4.69) is 30.9 Å². The van der Waals surface area contributed by atoms with Crippen molar-refractivity contribution in [2.45, 2.75) is 33.1 Å². The van der Waals surface area contributed by atoms with Gasteiger partial charge in [0, 0.05) is 49.6 Å². The summed E-state index contributed by atoms with van der Waals surface area (Å²) in [6, 6.07) is 7.69. The van der Waals surface area contributed by atoms with E-state index in [0.717, 1.165) is 22.8 Å². The molecule has 0 radical (unpaired) electrons. The maximum Gasteiger partial charge on any atom is 0.354 e. The van der Waals surface area contributed by atoms with Crippen LogP contribution in [0, 0.1) is 6.92 Å². The summed E-state index contributed by atoms with van der Waals surface area (Å²) >= 11 is 0. The summed E-state index contributed by atoms with van der Waals surface area (Å²) in [4.78, 5) is 32.8. The van der Waals surface area contributed by atoms with Crippen LogP contribution in [-0.4, -0.2) is 48.4 Å². The van der Waals surface area contributed by atoms with E-state index in [1.54, 1.807) is 20.2 Å². The lowest BCUT2D eigenvalue weighted by Crippen LogP contribution is -2.18. The number of hydrogen-bond acceptors (Lipinski definition) is 8.